The Balaban J connectivity index is 1.64. The smallest absolute Gasteiger partial charge is 0.224 e. The van der Waals surface area contributed by atoms with Gasteiger partial charge in [-0.05, 0) is 42.3 Å². The van der Waals surface area contributed by atoms with E-state index in [1.165, 1.54) is 0 Å². The first-order chi connectivity index (χ1) is 12.6. The van der Waals surface area contributed by atoms with Crippen molar-refractivity contribution in [3.8, 4) is 23.0 Å². The van der Waals surface area contributed by atoms with Gasteiger partial charge in [-0.2, -0.15) is 0 Å². The second-order valence-electron chi connectivity index (χ2n) is 6.06. The second kappa shape index (κ2) is 7.99. The molecule has 1 heterocycles. The number of nitrogens with one attached hydrogen (secondary N) is 1. The topological polar surface area (TPSA) is 66.0 Å². The summed E-state index contributed by atoms with van der Waals surface area (Å²) < 4.78 is 21.6. The molecule has 0 spiro atoms. The molecule has 3 rings (SSSR count). The van der Waals surface area contributed by atoms with Gasteiger partial charge in [0.05, 0.1) is 26.7 Å². The first-order valence-corrected chi connectivity index (χ1v) is 8.50. The highest BCUT2D eigenvalue weighted by atomic mass is 16.6. The monoisotopic (exact) mass is 357 g/mol. The number of methoxy groups -OCH3 is 2. The molecule has 1 aliphatic heterocycles. The summed E-state index contributed by atoms with van der Waals surface area (Å²) in [6.07, 6.45) is 0.272. The first-order valence-electron chi connectivity index (χ1n) is 8.50. The van der Waals surface area contributed by atoms with Gasteiger partial charge in [0.15, 0.2) is 23.0 Å². The van der Waals surface area contributed by atoms with Crippen molar-refractivity contribution in [1.82, 2.24) is 5.32 Å². The lowest BCUT2D eigenvalue weighted by Crippen LogP contribution is -2.28. The molecule has 0 fully saturated rings. The van der Waals surface area contributed by atoms with E-state index >= 15 is 0 Å². The molecule has 0 radical (unpaired) electrons. The third-order valence-electron chi connectivity index (χ3n) is 4.26. The predicted molar refractivity (Wildman–Crippen MR) is 97.2 cm³/mol. The van der Waals surface area contributed by atoms with E-state index in [1.807, 2.05) is 43.3 Å². The molecule has 6 heteroatoms. The van der Waals surface area contributed by atoms with Crippen LogP contribution < -0.4 is 24.3 Å². The zero-order valence-electron chi connectivity index (χ0n) is 15.2. The molecule has 0 aliphatic carbocycles. The van der Waals surface area contributed by atoms with Gasteiger partial charge in [0.1, 0.15) is 13.2 Å². The molecule has 0 bridgehead atoms. The molecule has 1 N–H and O–H groups in total. The normalized spacial score (nSPS) is 13.7. The summed E-state index contributed by atoms with van der Waals surface area (Å²) in [6.45, 7) is 3.01. The van der Waals surface area contributed by atoms with Gasteiger partial charge in [-0.15, -0.1) is 0 Å². The van der Waals surface area contributed by atoms with Crippen molar-refractivity contribution in [2.45, 2.75) is 19.4 Å². The highest BCUT2D eigenvalue weighted by molar-refractivity contribution is 5.79. The van der Waals surface area contributed by atoms with Crippen LogP contribution in [0.2, 0.25) is 0 Å². The number of ether oxygens (including phenoxy) is 4. The van der Waals surface area contributed by atoms with Crippen LogP contribution in [0.5, 0.6) is 23.0 Å². The van der Waals surface area contributed by atoms with Crippen LogP contribution in [0.3, 0.4) is 0 Å². The molecule has 0 saturated heterocycles. The Labute approximate surface area is 153 Å². The van der Waals surface area contributed by atoms with Crippen molar-refractivity contribution < 1.29 is 23.7 Å². The molecule has 2 aromatic rings. The zero-order valence-corrected chi connectivity index (χ0v) is 15.2. The molecular formula is C20H23NO5. The van der Waals surface area contributed by atoms with Crippen LogP contribution in [0.25, 0.3) is 0 Å². The van der Waals surface area contributed by atoms with E-state index in [-0.39, 0.29) is 18.4 Å². The highest BCUT2D eigenvalue weighted by Crippen LogP contribution is 2.31. The Bertz CT molecular complexity index is 790. The maximum Gasteiger partial charge on any atom is 0.224 e. The van der Waals surface area contributed by atoms with Crippen LogP contribution in [0.4, 0.5) is 0 Å². The molecule has 6 nitrogen and oxygen atoms in total. The van der Waals surface area contributed by atoms with Gasteiger partial charge in [0.25, 0.3) is 0 Å². The van der Waals surface area contributed by atoms with E-state index < -0.39 is 0 Å². The van der Waals surface area contributed by atoms with E-state index in [1.54, 1.807) is 14.2 Å². The Morgan fingerprint density at radius 2 is 1.77 bits per heavy atom. The molecular weight excluding hydrogens is 334 g/mol. The number of rotatable bonds is 6. The van der Waals surface area contributed by atoms with E-state index in [0.29, 0.717) is 30.5 Å². The molecule has 0 saturated carbocycles. The van der Waals surface area contributed by atoms with Crippen molar-refractivity contribution in [3.63, 3.8) is 0 Å². The number of hydrogen-bond acceptors (Lipinski definition) is 5. The molecule has 0 aromatic heterocycles. The average Bonchev–Trinajstić information content (AvgIpc) is 2.67. The number of benzene rings is 2. The third-order valence-corrected chi connectivity index (χ3v) is 4.26. The molecule has 138 valence electrons. The lowest BCUT2D eigenvalue weighted by atomic mass is 10.1. The number of carbonyl (C=O) groups is 1. The summed E-state index contributed by atoms with van der Waals surface area (Å²) >= 11 is 0. The minimum Gasteiger partial charge on any atom is -0.493 e. The van der Waals surface area contributed by atoms with Gasteiger partial charge in [-0.1, -0.05) is 12.1 Å². The van der Waals surface area contributed by atoms with Crippen molar-refractivity contribution in [2.24, 2.45) is 0 Å². The van der Waals surface area contributed by atoms with Crippen LogP contribution in [0, 0.1) is 0 Å². The van der Waals surface area contributed by atoms with Gasteiger partial charge in [-0.3, -0.25) is 4.79 Å². The van der Waals surface area contributed by atoms with E-state index in [2.05, 4.69) is 5.32 Å². The Kier molecular flexibility index (Phi) is 5.51. The lowest BCUT2D eigenvalue weighted by Gasteiger charge is -2.19. The minimum atomic E-state index is -0.153. The Hall–Kier alpha value is -2.89. The van der Waals surface area contributed by atoms with Crippen LogP contribution in [0.15, 0.2) is 36.4 Å². The summed E-state index contributed by atoms with van der Waals surface area (Å²) in [5.74, 6) is 2.64. The first kappa shape index (κ1) is 17.9. The van der Waals surface area contributed by atoms with E-state index in [9.17, 15) is 4.79 Å². The van der Waals surface area contributed by atoms with Gasteiger partial charge >= 0.3 is 0 Å². The Morgan fingerprint density at radius 1 is 1.04 bits per heavy atom. The maximum atomic E-state index is 12.4. The fraction of sp³-hybridized carbons (Fsp3) is 0.350. The standard InChI is InChI=1S/C20H23NO5/c1-13(15-5-7-16(23-2)18(12-15)24-3)21-20(22)11-14-4-6-17-19(10-14)26-9-8-25-17/h4-7,10,12-13H,8-9,11H2,1-3H3,(H,21,22). The van der Waals surface area contributed by atoms with Crippen molar-refractivity contribution in [2.75, 3.05) is 27.4 Å². The molecule has 1 aliphatic rings. The van der Waals surface area contributed by atoms with Crippen molar-refractivity contribution in [1.29, 1.82) is 0 Å². The predicted octanol–water partition coefficient (Wildman–Crippen LogP) is 2.89. The Morgan fingerprint density at radius 3 is 2.50 bits per heavy atom. The van der Waals surface area contributed by atoms with Crippen LogP contribution >= 0.6 is 0 Å². The van der Waals surface area contributed by atoms with E-state index in [4.69, 9.17) is 18.9 Å². The molecule has 1 atom stereocenters. The molecule has 1 unspecified atom stereocenters. The average molecular weight is 357 g/mol. The summed E-state index contributed by atoms with van der Waals surface area (Å²) in [7, 11) is 3.18. The number of fused-ring (bicyclic) bond motifs is 1. The third kappa shape index (κ3) is 4.02. The number of hydrogen-bond donors (Lipinski definition) is 1. The van der Waals surface area contributed by atoms with Gasteiger partial charge in [0, 0.05) is 0 Å². The van der Waals surface area contributed by atoms with Gasteiger partial charge in [0.2, 0.25) is 5.91 Å². The highest BCUT2D eigenvalue weighted by Gasteiger charge is 2.15. The largest absolute Gasteiger partial charge is 0.493 e. The lowest BCUT2D eigenvalue weighted by molar-refractivity contribution is -0.121. The summed E-state index contributed by atoms with van der Waals surface area (Å²) in [6, 6.07) is 11.0. The van der Waals surface area contributed by atoms with Crippen molar-refractivity contribution >= 4 is 5.91 Å². The van der Waals surface area contributed by atoms with E-state index in [0.717, 1.165) is 16.9 Å². The maximum absolute atomic E-state index is 12.4. The molecule has 1 amide bonds. The quantitative estimate of drug-likeness (QED) is 0.861. The summed E-state index contributed by atoms with van der Waals surface area (Å²) in [5, 5.41) is 3.01. The fourth-order valence-corrected chi connectivity index (χ4v) is 2.88. The second-order valence-corrected chi connectivity index (χ2v) is 6.06. The molecule has 2 aromatic carbocycles. The molecule has 26 heavy (non-hydrogen) atoms. The summed E-state index contributed by atoms with van der Waals surface area (Å²) in [4.78, 5) is 12.4. The SMILES string of the molecule is COc1ccc(C(C)NC(=O)Cc2ccc3c(c2)OCCO3)cc1OC. The van der Waals surface area contributed by atoms with Crippen molar-refractivity contribution in [3.05, 3.63) is 47.5 Å². The number of amides is 1. The minimum absolute atomic E-state index is 0.0658. The van der Waals surface area contributed by atoms with Gasteiger partial charge in [-0.25, -0.2) is 0 Å². The van der Waals surface area contributed by atoms with Crippen LogP contribution in [-0.2, 0) is 11.2 Å². The number of carbonyl (C=O) groups excluding carboxylic acids is 1. The summed E-state index contributed by atoms with van der Waals surface area (Å²) in [5.41, 5.74) is 1.82. The fourth-order valence-electron chi connectivity index (χ4n) is 2.88. The van der Waals surface area contributed by atoms with Gasteiger partial charge < -0.3 is 24.3 Å². The van der Waals surface area contributed by atoms with Crippen LogP contribution in [0.1, 0.15) is 24.1 Å². The van der Waals surface area contributed by atoms with Crippen LogP contribution in [-0.4, -0.2) is 33.3 Å². The zero-order chi connectivity index (χ0) is 18.5.